The Morgan fingerprint density at radius 1 is 1.35 bits per heavy atom. The van der Waals surface area contributed by atoms with Crippen molar-refractivity contribution in [1.29, 1.82) is 0 Å². The molecule has 2 aromatic rings. The van der Waals surface area contributed by atoms with E-state index in [1.807, 2.05) is 43.7 Å². The van der Waals surface area contributed by atoms with E-state index in [2.05, 4.69) is 25.4 Å². The molecule has 1 saturated heterocycles. The first-order chi connectivity index (χ1) is 11.0. The van der Waals surface area contributed by atoms with Crippen LogP contribution in [0.15, 0.2) is 12.4 Å². The Balaban J connectivity index is 1.83. The Hall–Kier alpha value is -2.29. The molecule has 1 fully saturated rings. The molecule has 0 spiro atoms. The van der Waals surface area contributed by atoms with Crippen LogP contribution in [0.5, 0.6) is 0 Å². The highest BCUT2D eigenvalue weighted by Gasteiger charge is 2.39. The Morgan fingerprint density at radius 2 is 2.13 bits per heavy atom. The Labute approximate surface area is 134 Å². The summed E-state index contributed by atoms with van der Waals surface area (Å²) in [5.74, 6) is -0.0725. The van der Waals surface area contributed by atoms with Crippen molar-refractivity contribution in [2.24, 2.45) is 0 Å². The second-order valence-electron chi connectivity index (χ2n) is 6.01. The number of carbonyl (C=O) groups is 1. The van der Waals surface area contributed by atoms with Gasteiger partial charge in [0, 0.05) is 19.3 Å². The fraction of sp³-hybridized carbons (Fsp3) is 0.643. The third-order valence-corrected chi connectivity index (χ3v) is 4.30. The SMILES string of the molecule is CCn1nc(C)c(C(=O)N2C[C@@H](N(C)C)[C@@H](n3ccnn3)C2)n1. The van der Waals surface area contributed by atoms with Crippen molar-refractivity contribution in [3.63, 3.8) is 0 Å². The maximum Gasteiger partial charge on any atom is 0.276 e. The number of hydrogen-bond acceptors (Lipinski definition) is 6. The van der Waals surface area contributed by atoms with Gasteiger partial charge in [-0.25, -0.2) is 4.68 Å². The molecule has 124 valence electrons. The smallest absolute Gasteiger partial charge is 0.276 e. The van der Waals surface area contributed by atoms with E-state index in [-0.39, 0.29) is 18.0 Å². The summed E-state index contributed by atoms with van der Waals surface area (Å²) in [5, 5.41) is 16.5. The molecule has 0 N–H and O–H groups in total. The minimum absolute atomic E-state index is 0.0725. The third kappa shape index (κ3) is 2.83. The fourth-order valence-corrected chi connectivity index (χ4v) is 3.02. The zero-order valence-electron chi connectivity index (χ0n) is 13.9. The summed E-state index contributed by atoms with van der Waals surface area (Å²) in [5.41, 5.74) is 1.10. The molecule has 9 nitrogen and oxygen atoms in total. The van der Waals surface area contributed by atoms with Gasteiger partial charge in [-0.1, -0.05) is 5.21 Å². The number of likely N-dealkylation sites (N-methyl/N-ethyl adjacent to an activating group) is 1. The summed E-state index contributed by atoms with van der Waals surface area (Å²) in [6.07, 6.45) is 3.50. The molecule has 1 amide bonds. The lowest BCUT2D eigenvalue weighted by Gasteiger charge is -2.24. The van der Waals surface area contributed by atoms with E-state index >= 15 is 0 Å². The number of rotatable bonds is 4. The topological polar surface area (TPSA) is 85.0 Å². The maximum atomic E-state index is 12.8. The van der Waals surface area contributed by atoms with Crippen LogP contribution >= 0.6 is 0 Å². The quantitative estimate of drug-likeness (QED) is 0.778. The van der Waals surface area contributed by atoms with Crippen LogP contribution in [0, 0.1) is 6.92 Å². The molecule has 3 heterocycles. The highest BCUT2D eigenvalue weighted by Crippen LogP contribution is 2.25. The summed E-state index contributed by atoms with van der Waals surface area (Å²) >= 11 is 0. The zero-order valence-corrected chi connectivity index (χ0v) is 13.9. The number of amides is 1. The molecular weight excluding hydrogens is 296 g/mol. The predicted molar refractivity (Wildman–Crippen MR) is 82.9 cm³/mol. The van der Waals surface area contributed by atoms with E-state index in [9.17, 15) is 4.79 Å². The van der Waals surface area contributed by atoms with Gasteiger partial charge in [-0.3, -0.25) is 4.79 Å². The summed E-state index contributed by atoms with van der Waals surface area (Å²) in [7, 11) is 4.03. The standard InChI is InChI=1S/C14H22N8O/c1-5-22-16-10(2)13(17-22)14(23)20-8-11(19(3)4)12(9-20)21-7-6-15-18-21/h6-7,11-12H,5,8-9H2,1-4H3/t11-,12+/m1/s1. The first-order valence-corrected chi connectivity index (χ1v) is 7.74. The molecule has 0 aliphatic carbocycles. The molecule has 3 rings (SSSR count). The zero-order chi connectivity index (χ0) is 16.6. The third-order valence-electron chi connectivity index (χ3n) is 4.30. The first kappa shape index (κ1) is 15.6. The number of hydrogen-bond donors (Lipinski definition) is 0. The number of likely N-dealkylation sites (tertiary alicyclic amines) is 1. The Bertz CT molecular complexity index is 677. The van der Waals surface area contributed by atoms with Gasteiger partial charge in [-0.15, -0.1) is 10.2 Å². The highest BCUT2D eigenvalue weighted by atomic mass is 16.2. The minimum atomic E-state index is -0.0725. The van der Waals surface area contributed by atoms with Crippen LogP contribution in [0.4, 0.5) is 0 Å². The molecule has 23 heavy (non-hydrogen) atoms. The van der Waals surface area contributed by atoms with Crippen molar-refractivity contribution >= 4 is 5.91 Å². The van der Waals surface area contributed by atoms with Crippen LogP contribution < -0.4 is 0 Å². The van der Waals surface area contributed by atoms with E-state index < -0.39 is 0 Å². The number of carbonyl (C=O) groups excluding carboxylic acids is 1. The molecule has 1 aliphatic rings. The molecule has 0 bridgehead atoms. The minimum Gasteiger partial charge on any atom is -0.333 e. The van der Waals surface area contributed by atoms with Crippen molar-refractivity contribution in [1.82, 2.24) is 39.8 Å². The molecule has 0 aromatic carbocycles. The second-order valence-corrected chi connectivity index (χ2v) is 6.01. The average Bonchev–Trinajstić information content (AvgIpc) is 3.24. The normalized spacial score (nSPS) is 21.3. The van der Waals surface area contributed by atoms with Crippen molar-refractivity contribution in [2.45, 2.75) is 32.5 Å². The number of nitrogens with zero attached hydrogens (tertiary/aromatic N) is 8. The fourth-order valence-electron chi connectivity index (χ4n) is 3.02. The average molecular weight is 318 g/mol. The van der Waals surface area contributed by atoms with Gasteiger partial charge in [0.2, 0.25) is 0 Å². The summed E-state index contributed by atoms with van der Waals surface area (Å²) in [6, 6.07) is 0.264. The van der Waals surface area contributed by atoms with E-state index in [0.29, 0.717) is 31.0 Å². The molecule has 2 aromatic heterocycles. The van der Waals surface area contributed by atoms with Gasteiger partial charge in [-0.05, 0) is 27.9 Å². The molecule has 0 saturated carbocycles. The number of aryl methyl sites for hydroxylation is 2. The lowest BCUT2D eigenvalue weighted by atomic mass is 10.1. The number of aromatic nitrogens is 6. The largest absolute Gasteiger partial charge is 0.333 e. The van der Waals surface area contributed by atoms with Crippen LogP contribution in [0.2, 0.25) is 0 Å². The molecule has 1 aliphatic heterocycles. The molecule has 2 atom stereocenters. The van der Waals surface area contributed by atoms with Gasteiger partial charge >= 0.3 is 0 Å². The van der Waals surface area contributed by atoms with Gasteiger partial charge in [-0.2, -0.15) is 9.90 Å². The van der Waals surface area contributed by atoms with E-state index in [0.717, 1.165) is 0 Å². The van der Waals surface area contributed by atoms with Crippen molar-refractivity contribution in [2.75, 3.05) is 27.2 Å². The van der Waals surface area contributed by atoms with Gasteiger partial charge in [0.25, 0.3) is 5.91 Å². The van der Waals surface area contributed by atoms with E-state index in [1.165, 1.54) is 0 Å². The van der Waals surface area contributed by atoms with Crippen molar-refractivity contribution in [3.8, 4) is 0 Å². The van der Waals surface area contributed by atoms with Crippen LogP contribution in [-0.4, -0.2) is 78.9 Å². The molecular formula is C14H22N8O. The Morgan fingerprint density at radius 3 is 2.70 bits per heavy atom. The maximum absolute atomic E-state index is 12.8. The first-order valence-electron chi connectivity index (χ1n) is 7.74. The van der Waals surface area contributed by atoms with Gasteiger partial charge in [0.1, 0.15) is 0 Å². The van der Waals surface area contributed by atoms with E-state index in [4.69, 9.17) is 0 Å². The lowest BCUT2D eigenvalue weighted by molar-refractivity contribution is 0.0773. The van der Waals surface area contributed by atoms with Crippen LogP contribution in [-0.2, 0) is 6.54 Å². The monoisotopic (exact) mass is 318 g/mol. The summed E-state index contributed by atoms with van der Waals surface area (Å²) in [4.78, 5) is 18.3. The van der Waals surface area contributed by atoms with Crippen molar-refractivity contribution in [3.05, 3.63) is 23.8 Å². The van der Waals surface area contributed by atoms with Crippen LogP contribution in [0.3, 0.4) is 0 Å². The van der Waals surface area contributed by atoms with E-state index in [1.54, 1.807) is 11.0 Å². The van der Waals surface area contributed by atoms with Gasteiger partial charge < -0.3 is 9.80 Å². The second kappa shape index (κ2) is 6.07. The van der Waals surface area contributed by atoms with Crippen LogP contribution in [0.1, 0.15) is 29.1 Å². The molecule has 0 radical (unpaired) electrons. The molecule has 9 heteroatoms. The highest BCUT2D eigenvalue weighted by molar-refractivity contribution is 5.93. The van der Waals surface area contributed by atoms with Crippen molar-refractivity contribution < 1.29 is 4.79 Å². The Kier molecular flexibility index (Phi) is 4.12. The van der Waals surface area contributed by atoms with Gasteiger partial charge in [0.15, 0.2) is 5.69 Å². The summed E-state index contributed by atoms with van der Waals surface area (Å²) in [6.45, 7) is 5.64. The summed E-state index contributed by atoms with van der Waals surface area (Å²) < 4.78 is 1.83. The predicted octanol–water partition coefficient (Wildman–Crippen LogP) is -0.175. The lowest BCUT2D eigenvalue weighted by Crippen LogP contribution is -2.37. The van der Waals surface area contributed by atoms with Gasteiger partial charge in [0.05, 0.1) is 30.5 Å². The van der Waals surface area contributed by atoms with Crippen LogP contribution in [0.25, 0.3) is 0 Å². The molecule has 0 unspecified atom stereocenters.